The van der Waals surface area contributed by atoms with Gasteiger partial charge in [-0.25, -0.2) is 19.2 Å². The smallest absolute Gasteiger partial charge is 0.411 e. The Kier molecular flexibility index (Phi) is 12.6. The van der Waals surface area contributed by atoms with Gasteiger partial charge in [-0.1, -0.05) is 25.1 Å². The van der Waals surface area contributed by atoms with Crippen molar-refractivity contribution >= 4 is 58.5 Å². The van der Waals surface area contributed by atoms with Crippen molar-refractivity contribution in [1.29, 1.82) is 0 Å². The lowest BCUT2D eigenvalue weighted by Gasteiger charge is -2.32. The number of carbonyl (C=O) groups excluding carboxylic acids is 4. The second-order valence-corrected chi connectivity index (χ2v) is 10.4. The molecule has 46 heavy (non-hydrogen) atoms. The van der Waals surface area contributed by atoms with Crippen LogP contribution in [0.15, 0.2) is 64.6 Å². The van der Waals surface area contributed by atoms with Gasteiger partial charge >= 0.3 is 12.2 Å². The first-order chi connectivity index (χ1) is 22.0. The van der Waals surface area contributed by atoms with E-state index < -0.39 is 24.0 Å². The maximum absolute atomic E-state index is 12.8. The van der Waals surface area contributed by atoms with Gasteiger partial charge in [0.1, 0.15) is 13.2 Å². The quantitative estimate of drug-likeness (QED) is 0.0632. The van der Waals surface area contributed by atoms with Crippen molar-refractivity contribution in [3.63, 3.8) is 0 Å². The lowest BCUT2D eigenvalue weighted by Crippen LogP contribution is -2.41. The fraction of sp³-hybridized carbons (Fsp3) is 0.312. The molecule has 0 radical (unpaired) electrons. The zero-order valence-corrected chi connectivity index (χ0v) is 25.9. The number of nitrogens with zero attached hydrogens (tertiary/aromatic N) is 2. The topological polar surface area (TPSA) is 203 Å². The average Bonchev–Trinajstić information content (AvgIpc) is 3.03. The Hall–Kier alpha value is -5.52. The molecule has 0 aliphatic heterocycles. The Morgan fingerprint density at radius 3 is 1.76 bits per heavy atom. The van der Waals surface area contributed by atoms with Crippen molar-refractivity contribution in [2.24, 2.45) is 15.4 Å². The second kappa shape index (κ2) is 16.5. The molecule has 3 rings (SSSR count). The van der Waals surface area contributed by atoms with Crippen molar-refractivity contribution in [2.75, 3.05) is 41.5 Å². The number of anilines is 4. The number of nitrogens with two attached hydrogens (primary N) is 1. The maximum Gasteiger partial charge on any atom is 0.411 e. The molecule has 6 N–H and O–H groups in total. The molecule has 14 nitrogen and oxygen atoms in total. The Balaban J connectivity index is 1.75. The number of nitrogens with one attached hydrogen (secondary N) is 3. The number of aliphatic hydroxyl groups excluding tert-OH is 1. The predicted octanol–water partition coefficient (Wildman–Crippen LogP) is 5.73. The van der Waals surface area contributed by atoms with Gasteiger partial charge in [0.25, 0.3) is 0 Å². The Morgan fingerprint density at radius 1 is 0.804 bits per heavy atom. The normalized spacial score (nSPS) is 12.4. The van der Waals surface area contributed by atoms with E-state index in [2.05, 4.69) is 25.9 Å². The molecule has 3 aromatic rings. The van der Waals surface area contributed by atoms with E-state index >= 15 is 0 Å². The van der Waals surface area contributed by atoms with Gasteiger partial charge in [-0.2, -0.15) is 9.98 Å². The number of hydrogen-bond donors (Lipinski definition) is 5. The predicted molar refractivity (Wildman–Crippen MR) is 172 cm³/mol. The summed E-state index contributed by atoms with van der Waals surface area (Å²) in [7, 11) is 0. The molecule has 242 valence electrons. The minimum atomic E-state index is -1.48. The van der Waals surface area contributed by atoms with Crippen LogP contribution in [0.2, 0.25) is 0 Å². The molecular weight excluding hydrogens is 596 g/mol. The molecule has 0 fully saturated rings. The summed E-state index contributed by atoms with van der Waals surface area (Å²) in [6.07, 6.45) is 0.103. The molecule has 0 aromatic heterocycles. The third-order valence-corrected chi connectivity index (χ3v) is 7.39. The zero-order chi connectivity index (χ0) is 33.7. The highest BCUT2D eigenvalue weighted by Crippen LogP contribution is 2.29. The summed E-state index contributed by atoms with van der Waals surface area (Å²) in [5.41, 5.74) is 9.08. The van der Waals surface area contributed by atoms with Crippen LogP contribution >= 0.6 is 0 Å². The Morgan fingerprint density at radius 2 is 1.28 bits per heavy atom. The first kappa shape index (κ1) is 35.0. The molecule has 0 saturated heterocycles. The van der Waals surface area contributed by atoms with E-state index in [1.807, 2.05) is 0 Å². The third-order valence-electron chi connectivity index (χ3n) is 7.39. The molecule has 14 heteroatoms. The summed E-state index contributed by atoms with van der Waals surface area (Å²) >= 11 is 0. The summed E-state index contributed by atoms with van der Waals surface area (Å²) < 4.78 is 16.8. The number of amides is 2. The SMILES string of the molecule is CCC(COC(=O)Nc1cccc(N=C=O)c1C)(COC(=O)Nc1cccc(N=C=O)c1C)COC(O)Nc1cccc(N)c1C. The number of hydrogen-bond acceptors (Lipinski definition) is 12. The van der Waals surface area contributed by atoms with E-state index in [0.29, 0.717) is 57.2 Å². The van der Waals surface area contributed by atoms with Gasteiger partial charge in [0.05, 0.1) is 23.4 Å². The highest BCUT2D eigenvalue weighted by molar-refractivity contribution is 5.88. The molecule has 0 saturated carbocycles. The van der Waals surface area contributed by atoms with Gasteiger partial charge in [-0.3, -0.25) is 10.6 Å². The molecule has 0 bridgehead atoms. The van der Waals surface area contributed by atoms with Crippen LogP contribution in [0.25, 0.3) is 0 Å². The summed E-state index contributed by atoms with van der Waals surface area (Å²) in [6.45, 7) is 6.14. The van der Waals surface area contributed by atoms with Gasteiger partial charge in [0.2, 0.25) is 18.6 Å². The monoisotopic (exact) mass is 632 g/mol. The average molecular weight is 633 g/mol. The first-order valence-corrected chi connectivity index (χ1v) is 14.2. The highest BCUT2D eigenvalue weighted by Gasteiger charge is 2.34. The molecule has 1 atom stereocenters. The van der Waals surface area contributed by atoms with Gasteiger partial charge in [-0.05, 0) is 80.3 Å². The molecular formula is C32H36N6O8. The van der Waals surface area contributed by atoms with Crippen LogP contribution in [0.3, 0.4) is 0 Å². The van der Waals surface area contributed by atoms with Crippen molar-refractivity contribution in [2.45, 2.75) is 40.5 Å². The number of aliphatic hydroxyl groups is 1. The number of aliphatic imine (C=N–C) groups is 2. The third kappa shape index (κ3) is 9.49. The largest absolute Gasteiger partial charge is 0.448 e. The minimum Gasteiger partial charge on any atom is -0.448 e. The van der Waals surface area contributed by atoms with Crippen LogP contribution in [0.1, 0.15) is 30.0 Å². The fourth-order valence-electron chi connectivity index (χ4n) is 4.26. The fourth-order valence-corrected chi connectivity index (χ4v) is 4.26. The molecule has 0 spiro atoms. The standard InChI is InChI=1S/C32H36N6O8/c1-5-32(15-44-29(41)36-26-12-6-9-23(33)20(26)2,16-45-30(42)37-27-13-7-10-24(21(27)3)34-18-39)17-46-31(43)38-28-14-8-11-25(22(28)4)35-19-40/h6-14,29,36,41H,5,15-17,33H2,1-4H3,(H,37,42)(H,38,43). The number of ether oxygens (including phenoxy) is 3. The number of rotatable bonds is 14. The van der Waals surface area contributed by atoms with Gasteiger partial charge in [0, 0.05) is 22.7 Å². The molecule has 1 unspecified atom stereocenters. The van der Waals surface area contributed by atoms with Crippen molar-refractivity contribution in [3.05, 3.63) is 71.3 Å². The van der Waals surface area contributed by atoms with Gasteiger partial charge < -0.3 is 30.4 Å². The number of nitrogen functional groups attached to an aromatic ring is 1. The number of benzene rings is 3. The molecule has 0 heterocycles. The van der Waals surface area contributed by atoms with Crippen LogP contribution in [0.5, 0.6) is 0 Å². The summed E-state index contributed by atoms with van der Waals surface area (Å²) in [5, 5.41) is 18.7. The maximum atomic E-state index is 12.8. The van der Waals surface area contributed by atoms with Crippen LogP contribution in [-0.2, 0) is 23.8 Å². The first-order valence-electron chi connectivity index (χ1n) is 14.2. The Labute approximate surface area is 265 Å². The zero-order valence-electron chi connectivity index (χ0n) is 25.9. The molecule has 0 aliphatic rings. The van der Waals surface area contributed by atoms with E-state index in [-0.39, 0.29) is 19.8 Å². The van der Waals surface area contributed by atoms with Crippen molar-refractivity contribution in [1.82, 2.24) is 0 Å². The van der Waals surface area contributed by atoms with Crippen molar-refractivity contribution < 1.29 is 38.5 Å². The molecule has 0 aliphatic carbocycles. The van der Waals surface area contributed by atoms with Gasteiger partial charge in [-0.15, -0.1) is 0 Å². The van der Waals surface area contributed by atoms with E-state index in [1.54, 1.807) is 82.3 Å². The van der Waals surface area contributed by atoms with Crippen LogP contribution in [0.4, 0.5) is 43.7 Å². The van der Waals surface area contributed by atoms with Crippen LogP contribution < -0.4 is 21.7 Å². The molecule has 2 amide bonds. The summed E-state index contributed by atoms with van der Waals surface area (Å²) in [4.78, 5) is 54.3. The summed E-state index contributed by atoms with van der Waals surface area (Å²) in [6, 6.07) is 14.8. The van der Waals surface area contributed by atoms with Crippen LogP contribution in [0, 0.1) is 26.2 Å². The lowest BCUT2D eigenvalue weighted by molar-refractivity contribution is -0.126. The Bertz CT molecular complexity index is 1560. The van der Waals surface area contributed by atoms with Crippen LogP contribution in [-0.4, -0.2) is 55.7 Å². The number of isocyanates is 2. The second-order valence-electron chi connectivity index (χ2n) is 10.4. The van der Waals surface area contributed by atoms with E-state index in [1.165, 1.54) is 12.2 Å². The highest BCUT2D eigenvalue weighted by atomic mass is 16.6. The van der Waals surface area contributed by atoms with E-state index in [9.17, 15) is 24.3 Å². The van der Waals surface area contributed by atoms with E-state index in [0.717, 1.165) is 0 Å². The molecule has 3 aromatic carbocycles. The van der Waals surface area contributed by atoms with Crippen molar-refractivity contribution in [3.8, 4) is 0 Å². The minimum absolute atomic E-state index is 0.204. The number of carbonyl (C=O) groups is 2. The van der Waals surface area contributed by atoms with E-state index in [4.69, 9.17) is 19.9 Å². The summed E-state index contributed by atoms with van der Waals surface area (Å²) in [5.74, 6) is 0. The van der Waals surface area contributed by atoms with Gasteiger partial charge in [0.15, 0.2) is 0 Å². The lowest BCUT2D eigenvalue weighted by atomic mass is 9.88.